The Kier molecular flexibility index (Phi) is 11.1. The average Bonchev–Trinajstić information content (AvgIpc) is 2.74. The lowest BCUT2D eigenvalue weighted by atomic mass is 9.87. The van der Waals surface area contributed by atoms with Crippen LogP contribution in [0.4, 0.5) is 0 Å². The van der Waals surface area contributed by atoms with Crippen LogP contribution in [0.2, 0.25) is 0 Å². The number of rotatable bonds is 12. The van der Waals surface area contributed by atoms with Crippen LogP contribution in [0.5, 0.6) is 0 Å². The van der Waals surface area contributed by atoms with Crippen LogP contribution in [0.15, 0.2) is 12.7 Å². The summed E-state index contributed by atoms with van der Waals surface area (Å²) in [4.78, 5) is 51.1. The third-order valence-corrected chi connectivity index (χ3v) is 5.32. The topological polar surface area (TPSA) is 128 Å². The Morgan fingerprint density at radius 1 is 1.07 bits per heavy atom. The summed E-state index contributed by atoms with van der Waals surface area (Å²) in [5.41, 5.74) is 0. The lowest BCUT2D eigenvalue weighted by Crippen LogP contribution is -2.61. The largest absolute Gasteiger partial charge is 0.548 e. The van der Waals surface area contributed by atoms with Crippen LogP contribution in [0, 0.1) is 0 Å². The summed E-state index contributed by atoms with van der Waals surface area (Å²) in [7, 11) is 2.51. The molecule has 1 saturated carbocycles. The number of carbonyl (C=O) groups is 4. The number of methoxy groups -OCH3 is 2. The first kappa shape index (κ1) is 25.6. The number of hydrogen-bond donors (Lipinski definition) is 1. The summed E-state index contributed by atoms with van der Waals surface area (Å²) < 4.78 is 9.51. The minimum atomic E-state index is -1.30. The third kappa shape index (κ3) is 7.75. The van der Waals surface area contributed by atoms with Gasteiger partial charge < -0.3 is 24.7 Å². The Labute approximate surface area is 177 Å². The molecule has 1 fully saturated rings. The molecule has 0 aromatic heterocycles. The van der Waals surface area contributed by atoms with E-state index in [1.165, 1.54) is 27.2 Å². The molecule has 1 N–H and O–H groups in total. The molecule has 0 aromatic rings. The number of aliphatic carboxylic acids is 1. The molecule has 10 heteroatoms. The maximum Gasteiger partial charge on any atom is 0.319 e. The molecule has 0 bridgehead atoms. The molecule has 0 aromatic carbocycles. The summed E-state index contributed by atoms with van der Waals surface area (Å²) >= 11 is 0. The molecule has 0 heterocycles. The van der Waals surface area contributed by atoms with E-state index in [4.69, 9.17) is 9.47 Å². The van der Waals surface area contributed by atoms with Gasteiger partial charge in [0.25, 0.3) is 0 Å². The fourth-order valence-corrected chi connectivity index (χ4v) is 3.74. The molecule has 0 radical (unpaired) electrons. The van der Waals surface area contributed by atoms with E-state index >= 15 is 0 Å². The highest BCUT2D eigenvalue weighted by Crippen LogP contribution is 2.28. The number of carbonyl (C=O) groups excluding carboxylic acids is 4. The van der Waals surface area contributed by atoms with Crippen LogP contribution in [-0.2, 0) is 28.7 Å². The zero-order valence-corrected chi connectivity index (χ0v) is 17.9. The lowest BCUT2D eigenvalue weighted by molar-refractivity contribution is -0.311. The number of ether oxygens (including phenoxy) is 2. The molecule has 0 saturated heterocycles. The van der Waals surface area contributed by atoms with E-state index in [-0.39, 0.29) is 44.2 Å². The maximum atomic E-state index is 12.3. The Morgan fingerprint density at radius 2 is 1.60 bits per heavy atom. The SMILES string of the molecule is C=CCNC(=O)CN(C(C)C(=O)[O-])C1CCCCC1N(CC(=O)OC)CC(=O)OC. The van der Waals surface area contributed by atoms with Gasteiger partial charge in [-0.3, -0.25) is 24.2 Å². The Morgan fingerprint density at radius 3 is 2.07 bits per heavy atom. The van der Waals surface area contributed by atoms with Gasteiger partial charge in [0.05, 0.1) is 39.8 Å². The molecular formula is C20H32N3O7-. The summed E-state index contributed by atoms with van der Waals surface area (Å²) in [6.07, 6.45) is 4.44. The van der Waals surface area contributed by atoms with Crippen LogP contribution in [0.3, 0.4) is 0 Å². The number of nitrogens with zero attached hydrogens (tertiary/aromatic N) is 2. The van der Waals surface area contributed by atoms with E-state index in [1.54, 1.807) is 9.80 Å². The summed E-state index contributed by atoms with van der Waals surface area (Å²) in [6, 6.07) is -1.76. The zero-order valence-electron chi connectivity index (χ0n) is 17.9. The van der Waals surface area contributed by atoms with Crippen molar-refractivity contribution >= 4 is 23.8 Å². The van der Waals surface area contributed by atoms with E-state index in [9.17, 15) is 24.3 Å². The maximum absolute atomic E-state index is 12.3. The third-order valence-electron chi connectivity index (χ3n) is 5.32. The molecule has 30 heavy (non-hydrogen) atoms. The smallest absolute Gasteiger partial charge is 0.319 e. The lowest BCUT2D eigenvalue weighted by Gasteiger charge is -2.46. The van der Waals surface area contributed by atoms with Gasteiger partial charge in [-0.15, -0.1) is 6.58 Å². The van der Waals surface area contributed by atoms with Gasteiger partial charge in [-0.25, -0.2) is 0 Å². The highest BCUT2D eigenvalue weighted by atomic mass is 16.5. The summed E-state index contributed by atoms with van der Waals surface area (Å²) in [5.74, 6) is -2.69. The van der Waals surface area contributed by atoms with Crippen molar-refractivity contribution in [2.45, 2.75) is 50.7 Å². The monoisotopic (exact) mass is 426 g/mol. The summed E-state index contributed by atoms with van der Waals surface area (Å²) in [6.45, 7) is 4.81. The van der Waals surface area contributed by atoms with Gasteiger partial charge in [-0.05, 0) is 19.8 Å². The predicted molar refractivity (Wildman–Crippen MR) is 106 cm³/mol. The number of esters is 2. The standard InChI is InChI=1S/C20H33N3O7/c1-5-10-21-17(24)11-23(14(2)20(27)28)16-9-7-6-8-15(16)22(12-18(25)29-3)13-19(26)30-4/h5,14-16H,1,6-13H2,2-4H3,(H,21,24)(H,27,28)/p-1. The first-order valence-electron chi connectivity index (χ1n) is 9.97. The molecule has 1 rings (SSSR count). The van der Waals surface area contributed by atoms with Crippen molar-refractivity contribution in [2.24, 2.45) is 0 Å². The van der Waals surface area contributed by atoms with Crippen molar-refractivity contribution in [1.29, 1.82) is 0 Å². The van der Waals surface area contributed by atoms with E-state index < -0.39 is 23.9 Å². The molecule has 10 nitrogen and oxygen atoms in total. The van der Waals surface area contributed by atoms with Crippen LogP contribution in [0.25, 0.3) is 0 Å². The number of carboxylic acids is 1. The van der Waals surface area contributed by atoms with E-state index in [0.717, 1.165) is 12.8 Å². The quantitative estimate of drug-likeness (QED) is 0.299. The molecule has 1 amide bonds. The van der Waals surface area contributed by atoms with Gasteiger partial charge in [0.1, 0.15) is 0 Å². The van der Waals surface area contributed by atoms with E-state index in [1.807, 2.05) is 0 Å². The second-order valence-electron chi connectivity index (χ2n) is 7.24. The average molecular weight is 426 g/mol. The molecule has 0 aliphatic heterocycles. The van der Waals surface area contributed by atoms with Crippen molar-refractivity contribution in [3.05, 3.63) is 12.7 Å². The van der Waals surface area contributed by atoms with Gasteiger partial charge in [0, 0.05) is 24.7 Å². The normalized spacial score (nSPS) is 19.8. The van der Waals surface area contributed by atoms with Gasteiger partial charge in [-0.1, -0.05) is 18.9 Å². The van der Waals surface area contributed by atoms with Gasteiger partial charge >= 0.3 is 11.9 Å². The fourth-order valence-electron chi connectivity index (χ4n) is 3.74. The zero-order chi connectivity index (χ0) is 22.7. The minimum absolute atomic E-state index is 0.150. The number of carboxylic acid groups (broad SMARTS) is 1. The first-order valence-corrected chi connectivity index (χ1v) is 9.97. The second-order valence-corrected chi connectivity index (χ2v) is 7.24. The minimum Gasteiger partial charge on any atom is -0.548 e. The van der Waals surface area contributed by atoms with E-state index in [0.29, 0.717) is 12.8 Å². The van der Waals surface area contributed by atoms with Crippen LogP contribution < -0.4 is 10.4 Å². The highest BCUT2D eigenvalue weighted by molar-refractivity contribution is 5.79. The molecule has 1 aliphatic rings. The molecule has 3 atom stereocenters. The number of nitrogens with one attached hydrogen (secondary N) is 1. The van der Waals surface area contributed by atoms with Crippen LogP contribution in [-0.4, -0.2) is 92.1 Å². The summed E-state index contributed by atoms with van der Waals surface area (Å²) in [5, 5.41) is 14.3. The number of hydrogen-bond acceptors (Lipinski definition) is 9. The molecule has 0 spiro atoms. The Hall–Kier alpha value is -2.46. The van der Waals surface area contributed by atoms with Crippen molar-refractivity contribution in [3.63, 3.8) is 0 Å². The molecule has 1 aliphatic carbocycles. The van der Waals surface area contributed by atoms with Crippen molar-refractivity contribution in [2.75, 3.05) is 40.4 Å². The van der Waals surface area contributed by atoms with Crippen LogP contribution >= 0.6 is 0 Å². The van der Waals surface area contributed by atoms with E-state index in [2.05, 4.69) is 11.9 Å². The van der Waals surface area contributed by atoms with Gasteiger partial charge in [0.15, 0.2) is 0 Å². The van der Waals surface area contributed by atoms with Crippen LogP contribution in [0.1, 0.15) is 32.6 Å². The van der Waals surface area contributed by atoms with Crippen molar-refractivity contribution in [1.82, 2.24) is 15.1 Å². The molecular weight excluding hydrogens is 394 g/mol. The highest BCUT2D eigenvalue weighted by Gasteiger charge is 2.38. The van der Waals surface area contributed by atoms with Crippen molar-refractivity contribution < 1.29 is 33.8 Å². The van der Waals surface area contributed by atoms with Crippen molar-refractivity contribution in [3.8, 4) is 0 Å². The van der Waals surface area contributed by atoms with Gasteiger partial charge in [-0.2, -0.15) is 0 Å². The molecule has 170 valence electrons. The fraction of sp³-hybridized carbons (Fsp3) is 0.700. The molecule has 3 unspecified atom stereocenters. The first-order chi connectivity index (χ1) is 14.2. The Bertz CT molecular complexity index is 608. The second kappa shape index (κ2) is 13.0. The number of amides is 1. The van der Waals surface area contributed by atoms with Gasteiger partial charge in [0.2, 0.25) is 5.91 Å². The Balaban J connectivity index is 3.19. The predicted octanol–water partition coefficient (Wildman–Crippen LogP) is -1.31.